The van der Waals surface area contributed by atoms with E-state index in [2.05, 4.69) is 55.5 Å². The molecule has 0 saturated carbocycles. The Morgan fingerprint density at radius 1 is 0.828 bits per heavy atom. The molecule has 5 rings (SSSR count). The molecule has 5 aromatic rings. The zero-order valence-electron chi connectivity index (χ0n) is 14.9. The number of halogens is 2. The van der Waals surface area contributed by atoms with Gasteiger partial charge >= 0.3 is 0 Å². The zero-order valence-corrected chi connectivity index (χ0v) is 19.2. The maximum Gasteiger partial charge on any atom is 0.215 e. The van der Waals surface area contributed by atoms with Gasteiger partial charge in [-0.1, -0.05) is 29.5 Å². The molecule has 2 heterocycles. The summed E-state index contributed by atoms with van der Waals surface area (Å²) in [6.45, 7) is 0. The summed E-state index contributed by atoms with van der Waals surface area (Å²) in [6.07, 6.45) is 0. The Morgan fingerprint density at radius 2 is 1.48 bits per heavy atom. The van der Waals surface area contributed by atoms with E-state index in [-0.39, 0.29) is 5.78 Å². The molecule has 0 aliphatic rings. The van der Waals surface area contributed by atoms with Gasteiger partial charge in [-0.05, 0) is 93.7 Å². The van der Waals surface area contributed by atoms with Gasteiger partial charge in [0.15, 0.2) is 5.69 Å². The summed E-state index contributed by atoms with van der Waals surface area (Å²) < 4.78 is 3.92. The summed E-state index contributed by atoms with van der Waals surface area (Å²) in [7, 11) is 0. The largest absolute Gasteiger partial charge is 0.287 e. The van der Waals surface area contributed by atoms with Crippen LogP contribution in [0.15, 0.2) is 72.8 Å². The van der Waals surface area contributed by atoms with E-state index >= 15 is 0 Å². The second-order valence-electron chi connectivity index (χ2n) is 6.49. The zero-order chi connectivity index (χ0) is 20.0. The summed E-state index contributed by atoms with van der Waals surface area (Å²) in [5.41, 5.74) is 4.72. The molecule has 0 aliphatic heterocycles. The van der Waals surface area contributed by atoms with Crippen LogP contribution in [0.5, 0.6) is 0 Å². The first kappa shape index (κ1) is 18.6. The standard InChI is InChI=1S/C22H12I2N4O/c23-15-9-5-13(6-10-15)19-21-20(22(29)14-7-11-16(24)12-8-14)26-27-28(21)18-4-2-1-3-17(18)25-19/h1-12H. The van der Waals surface area contributed by atoms with Crippen LogP contribution in [0.4, 0.5) is 0 Å². The van der Waals surface area contributed by atoms with Gasteiger partial charge in [0.1, 0.15) is 5.52 Å². The quantitative estimate of drug-likeness (QED) is 0.206. The molecule has 0 N–H and O–H groups in total. The molecule has 0 bridgehead atoms. The van der Waals surface area contributed by atoms with Crippen molar-refractivity contribution in [1.29, 1.82) is 0 Å². The molecule has 0 aliphatic carbocycles. The summed E-state index contributed by atoms with van der Waals surface area (Å²) in [5.74, 6) is -0.166. The van der Waals surface area contributed by atoms with Crippen molar-refractivity contribution in [2.24, 2.45) is 0 Å². The molecule has 7 heteroatoms. The molecule has 0 unspecified atom stereocenters. The summed E-state index contributed by atoms with van der Waals surface area (Å²) in [4.78, 5) is 18.1. The molecule has 2 aromatic heterocycles. The van der Waals surface area contributed by atoms with Crippen molar-refractivity contribution in [3.05, 3.63) is 91.2 Å². The molecule has 0 atom stereocenters. The second kappa shape index (κ2) is 7.45. The number of carbonyl (C=O) groups excluding carboxylic acids is 1. The lowest BCUT2D eigenvalue weighted by atomic mass is 10.0. The average molecular weight is 602 g/mol. The van der Waals surface area contributed by atoms with E-state index < -0.39 is 0 Å². The smallest absolute Gasteiger partial charge is 0.215 e. The van der Waals surface area contributed by atoms with Crippen molar-refractivity contribution in [2.45, 2.75) is 0 Å². The third-order valence-corrected chi connectivity index (χ3v) is 6.11. The fourth-order valence-corrected chi connectivity index (χ4v) is 3.99. The van der Waals surface area contributed by atoms with Crippen LogP contribution in [-0.4, -0.2) is 25.6 Å². The lowest BCUT2D eigenvalue weighted by molar-refractivity contribution is 0.103. The number of aromatic nitrogens is 4. The fourth-order valence-electron chi connectivity index (χ4n) is 3.27. The van der Waals surface area contributed by atoms with Crippen LogP contribution in [0.2, 0.25) is 0 Å². The van der Waals surface area contributed by atoms with Crippen LogP contribution in [0.25, 0.3) is 27.8 Å². The molecule has 0 fully saturated rings. The van der Waals surface area contributed by atoms with Gasteiger partial charge in [0.25, 0.3) is 0 Å². The highest BCUT2D eigenvalue weighted by atomic mass is 127. The molecular weight excluding hydrogens is 590 g/mol. The van der Waals surface area contributed by atoms with E-state index in [1.54, 1.807) is 4.52 Å². The third kappa shape index (κ3) is 3.31. The number of hydrogen-bond donors (Lipinski definition) is 0. The number of hydrogen-bond acceptors (Lipinski definition) is 4. The molecule has 3 aromatic carbocycles. The first-order valence-electron chi connectivity index (χ1n) is 8.82. The van der Waals surface area contributed by atoms with Gasteiger partial charge in [0, 0.05) is 18.3 Å². The van der Waals surface area contributed by atoms with Crippen LogP contribution >= 0.6 is 45.2 Å². The fraction of sp³-hybridized carbons (Fsp3) is 0. The van der Waals surface area contributed by atoms with Crippen molar-refractivity contribution >= 4 is 67.5 Å². The summed E-state index contributed by atoms with van der Waals surface area (Å²) in [5, 5.41) is 8.59. The lowest BCUT2D eigenvalue weighted by Gasteiger charge is -2.08. The molecule has 0 spiro atoms. The highest BCUT2D eigenvalue weighted by molar-refractivity contribution is 14.1. The number of rotatable bonds is 3. The molecule has 140 valence electrons. The normalized spacial score (nSPS) is 11.2. The van der Waals surface area contributed by atoms with Crippen LogP contribution < -0.4 is 0 Å². The minimum absolute atomic E-state index is 0.166. The van der Waals surface area contributed by atoms with Crippen molar-refractivity contribution in [3.63, 3.8) is 0 Å². The number of nitrogens with zero attached hydrogens (tertiary/aromatic N) is 4. The number of benzene rings is 3. The van der Waals surface area contributed by atoms with Gasteiger partial charge in [-0.3, -0.25) is 4.79 Å². The Balaban J connectivity index is 1.82. The topological polar surface area (TPSA) is 60.2 Å². The Bertz CT molecular complexity index is 1380. The summed E-state index contributed by atoms with van der Waals surface area (Å²) >= 11 is 4.49. The lowest BCUT2D eigenvalue weighted by Crippen LogP contribution is -2.04. The molecule has 5 nitrogen and oxygen atoms in total. The van der Waals surface area contributed by atoms with Gasteiger partial charge in [0.05, 0.1) is 16.7 Å². The van der Waals surface area contributed by atoms with E-state index in [9.17, 15) is 4.79 Å². The predicted octanol–water partition coefficient (Wildman–Crippen LogP) is 5.38. The monoisotopic (exact) mass is 602 g/mol. The SMILES string of the molecule is O=C(c1ccc(I)cc1)c1nnn2c1c(-c1ccc(I)cc1)nc1ccccc12. The van der Waals surface area contributed by atoms with E-state index in [1.165, 1.54) is 0 Å². The Labute approximate surface area is 193 Å². The van der Waals surface area contributed by atoms with Gasteiger partial charge in [-0.2, -0.15) is 0 Å². The molecule has 0 radical (unpaired) electrons. The van der Waals surface area contributed by atoms with Crippen molar-refractivity contribution in [3.8, 4) is 11.3 Å². The van der Waals surface area contributed by atoms with Crippen molar-refractivity contribution < 1.29 is 4.79 Å². The molecular formula is C22H12I2N4O. The first-order valence-corrected chi connectivity index (χ1v) is 11.0. The van der Waals surface area contributed by atoms with Crippen molar-refractivity contribution in [2.75, 3.05) is 0 Å². The van der Waals surface area contributed by atoms with Crippen LogP contribution in [0.3, 0.4) is 0 Å². The maximum atomic E-state index is 13.3. The predicted molar refractivity (Wildman–Crippen MR) is 129 cm³/mol. The Morgan fingerprint density at radius 3 is 2.21 bits per heavy atom. The Kier molecular flexibility index (Phi) is 4.78. The van der Waals surface area contributed by atoms with E-state index in [1.807, 2.05) is 72.8 Å². The van der Waals surface area contributed by atoms with E-state index in [0.717, 1.165) is 23.7 Å². The maximum absolute atomic E-state index is 13.3. The van der Waals surface area contributed by atoms with Gasteiger partial charge in [-0.15, -0.1) is 5.10 Å². The highest BCUT2D eigenvalue weighted by Gasteiger charge is 2.22. The van der Waals surface area contributed by atoms with E-state index in [0.29, 0.717) is 22.5 Å². The number of para-hydroxylation sites is 2. The minimum Gasteiger partial charge on any atom is -0.287 e. The van der Waals surface area contributed by atoms with Gasteiger partial charge < -0.3 is 0 Å². The first-order chi connectivity index (χ1) is 14.1. The minimum atomic E-state index is -0.166. The third-order valence-electron chi connectivity index (χ3n) is 4.68. The van der Waals surface area contributed by atoms with Gasteiger partial charge in [0.2, 0.25) is 5.78 Å². The number of carbonyl (C=O) groups is 1. The second-order valence-corrected chi connectivity index (χ2v) is 8.98. The number of fused-ring (bicyclic) bond motifs is 3. The van der Waals surface area contributed by atoms with E-state index in [4.69, 9.17) is 4.98 Å². The van der Waals surface area contributed by atoms with Crippen LogP contribution in [0.1, 0.15) is 16.1 Å². The highest BCUT2D eigenvalue weighted by Crippen LogP contribution is 2.29. The molecule has 0 saturated heterocycles. The molecule has 29 heavy (non-hydrogen) atoms. The van der Waals surface area contributed by atoms with Gasteiger partial charge in [-0.25, -0.2) is 9.50 Å². The summed E-state index contributed by atoms with van der Waals surface area (Å²) in [6, 6.07) is 23.2. The molecule has 0 amide bonds. The van der Waals surface area contributed by atoms with Crippen LogP contribution in [0, 0.1) is 7.14 Å². The van der Waals surface area contributed by atoms with Crippen LogP contribution in [-0.2, 0) is 0 Å². The average Bonchev–Trinajstić information content (AvgIpc) is 3.19. The Hall–Kier alpha value is -2.40. The van der Waals surface area contributed by atoms with Crippen molar-refractivity contribution in [1.82, 2.24) is 19.8 Å². The number of ketones is 1.